The van der Waals surface area contributed by atoms with Crippen LogP contribution in [0.15, 0.2) is 82.4 Å². The molecule has 1 heterocycles. The van der Waals surface area contributed by atoms with Crippen LogP contribution in [-0.4, -0.2) is 24.7 Å². The highest BCUT2D eigenvalue weighted by molar-refractivity contribution is 5.97. The molecule has 4 nitrogen and oxygen atoms in total. The van der Waals surface area contributed by atoms with Gasteiger partial charge in [-0.1, -0.05) is 71.8 Å². The largest absolute Gasteiger partial charge is 0.384 e. The van der Waals surface area contributed by atoms with Gasteiger partial charge in [0.05, 0.1) is 0 Å². The molecule has 3 N–H and O–H groups in total. The number of nitrogens with zero attached hydrogens (tertiary/aromatic N) is 1. The first kappa shape index (κ1) is 22.5. The van der Waals surface area contributed by atoms with Crippen LogP contribution in [0.3, 0.4) is 0 Å². The van der Waals surface area contributed by atoms with Crippen molar-refractivity contribution in [1.29, 1.82) is 0 Å². The van der Waals surface area contributed by atoms with E-state index in [1.54, 1.807) is 0 Å². The van der Waals surface area contributed by atoms with Crippen molar-refractivity contribution < 1.29 is 4.74 Å². The van der Waals surface area contributed by atoms with E-state index in [-0.39, 0.29) is 12.3 Å². The molecule has 0 bridgehead atoms. The molecule has 1 aliphatic carbocycles. The fraction of sp³-hybridized carbons (Fsp3) is 0.393. The van der Waals surface area contributed by atoms with Gasteiger partial charge in [0, 0.05) is 18.7 Å². The molecule has 0 saturated carbocycles. The maximum absolute atomic E-state index is 6.05. The molecule has 0 radical (unpaired) electrons. The van der Waals surface area contributed by atoms with Crippen LogP contribution in [0.2, 0.25) is 0 Å². The van der Waals surface area contributed by atoms with Crippen molar-refractivity contribution in [2.45, 2.75) is 58.9 Å². The summed E-state index contributed by atoms with van der Waals surface area (Å²) in [6.45, 7) is 8.02. The van der Waals surface area contributed by atoms with E-state index in [1.165, 1.54) is 34.3 Å². The Balaban J connectivity index is 1.33. The summed E-state index contributed by atoms with van der Waals surface area (Å²) in [4.78, 5) is 4.27. The van der Waals surface area contributed by atoms with E-state index in [0.29, 0.717) is 18.3 Å². The number of benzene rings is 2. The average Bonchev–Trinajstić information content (AvgIpc) is 3.58. The molecule has 2 aromatic carbocycles. The summed E-state index contributed by atoms with van der Waals surface area (Å²) in [6, 6.07) is 19.1. The van der Waals surface area contributed by atoms with Gasteiger partial charge in [-0.3, -0.25) is 10.3 Å². The Hall–Kier alpha value is -2.69. The molecule has 168 valence electrons. The molecule has 1 aliphatic heterocycles. The summed E-state index contributed by atoms with van der Waals surface area (Å²) in [5.74, 6) is 1.20. The number of ether oxygens (including phenoxy) is 1. The maximum atomic E-state index is 6.05. The van der Waals surface area contributed by atoms with E-state index in [4.69, 9.17) is 10.5 Å². The molecule has 1 saturated heterocycles. The Bertz CT molecular complexity index is 1000. The van der Waals surface area contributed by atoms with Gasteiger partial charge in [-0.25, -0.2) is 0 Å². The highest BCUT2D eigenvalue weighted by atomic mass is 16.6. The van der Waals surface area contributed by atoms with Gasteiger partial charge in [0.15, 0.2) is 0 Å². The molecule has 32 heavy (non-hydrogen) atoms. The number of aryl methyl sites for hydroxylation is 1. The smallest absolute Gasteiger partial charge is 0.140 e. The topological polar surface area (TPSA) is 62.9 Å². The van der Waals surface area contributed by atoms with Crippen LogP contribution in [0.4, 0.5) is 0 Å². The Morgan fingerprint density at radius 2 is 1.81 bits per heavy atom. The van der Waals surface area contributed by atoms with E-state index < -0.39 is 0 Å². The molecule has 4 heteroatoms. The van der Waals surface area contributed by atoms with Crippen molar-refractivity contribution in [2.24, 2.45) is 16.6 Å². The number of aliphatic imine (C=N–C) groups is 1. The molecule has 3 unspecified atom stereocenters. The second kappa shape index (κ2) is 10.3. The van der Waals surface area contributed by atoms with E-state index in [2.05, 4.69) is 72.7 Å². The van der Waals surface area contributed by atoms with Crippen LogP contribution in [-0.2, 0) is 17.7 Å². The van der Waals surface area contributed by atoms with E-state index in [9.17, 15) is 0 Å². The lowest BCUT2D eigenvalue weighted by Crippen LogP contribution is -2.22. The van der Waals surface area contributed by atoms with Crippen LogP contribution < -0.4 is 11.1 Å². The number of allylic oxidation sites excluding steroid dienone is 2. The third kappa shape index (κ3) is 5.56. The molecular formula is C28H35N3O. The average molecular weight is 430 g/mol. The summed E-state index contributed by atoms with van der Waals surface area (Å²) in [6.07, 6.45) is 6.07. The van der Waals surface area contributed by atoms with Crippen LogP contribution in [0.1, 0.15) is 50.3 Å². The Morgan fingerprint density at radius 1 is 1.06 bits per heavy atom. The molecule has 0 aromatic heterocycles. The van der Waals surface area contributed by atoms with E-state index in [1.807, 2.05) is 19.1 Å². The first-order chi connectivity index (χ1) is 15.5. The van der Waals surface area contributed by atoms with Crippen molar-refractivity contribution in [3.63, 3.8) is 0 Å². The van der Waals surface area contributed by atoms with Crippen molar-refractivity contribution in [3.8, 4) is 0 Å². The minimum absolute atomic E-state index is 0.0864. The minimum Gasteiger partial charge on any atom is -0.384 e. The summed E-state index contributed by atoms with van der Waals surface area (Å²) >= 11 is 0. The minimum atomic E-state index is 0.0864. The summed E-state index contributed by atoms with van der Waals surface area (Å²) in [5, 5.41) is 3.56. The first-order valence-electron chi connectivity index (χ1n) is 11.7. The van der Waals surface area contributed by atoms with Crippen LogP contribution in [0.5, 0.6) is 0 Å². The second-order valence-corrected chi connectivity index (χ2v) is 8.97. The number of epoxide rings is 1. The second-order valence-electron chi connectivity index (χ2n) is 8.97. The molecule has 0 amide bonds. The predicted molar refractivity (Wildman–Crippen MR) is 133 cm³/mol. The monoisotopic (exact) mass is 429 g/mol. The Labute approximate surface area is 192 Å². The number of amidine groups is 1. The third-order valence-electron chi connectivity index (χ3n) is 6.55. The quantitative estimate of drug-likeness (QED) is 0.329. The van der Waals surface area contributed by atoms with Gasteiger partial charge in [0.1, 0.15) is 18.2 Å². The van der Waals surface area contributed by atoms with Gasteiger partial charge in [0.25, 0.3) is 0 Å². The van der Waals surface area contributed by atoms with Gasteiger partial charge in [-0.05, 0) is 62.7 Å². The van der Waals surface area contributed by atoms with E-state index >= 15 is 0 Å². The lowest BCUT2D eigenvalue weighted by Gasteiger charge is -2.25. The lowest BCUT2D eigenvalue weighted by atomic mass is 9.80. The van der Waals surface area contributed by atoms with Crippen molar-refractivity contribution in [2.75, 3.05) is 6.54 Å². The molecular weight excluding hydrogens is 394 g/mol. The SMILES string of the molecule is CCN=C(N)c1ccc(CNC2OC2C2=C(C)C(CCc3ccccc3)CC(C)=C2)cc1. The van der Waals surface area contributed by atoms with Gasteiger partial charge < -0.3 is 10.5 Å². The predicted octanol–water partition coefficient (Wildman–Crippen LogP) is 5.14. The van der Waals surface area contributed by atoms with Crippen LogP contribution >= 0.6 is 0 Å². The summed E-state index contributed by atoms with van der Waals surface area (Å²) in [7, 11) is 0. The Kier molecular flexibility index (Phi) is 7.23. The zero-order valence-corrected chi connectivity index (χ0v) is 19.5. The van der Waals surface area contributed by atoms with Gasteiger partial charge in [-0.2, -0.15) is 0 Å². The molecule has 4 rings (SSSR count). The first-order valence-corrected chi connectivity index (χ1v) is 11.7. The Morgan fingerprint density at radius 3 is 2.53 bits per heavy atom. The molecule has 0 spiro atoms. The molecule has 2 aromatic rings. The summed E-state index contributed by atoms with van der Waals surface area (Å²) in [5.41, 5.74) is 13.9. The summed E-state index contributed by atoms with van der Waals surface area (Å²) < 4.78 is 6.05. The highest BCUT2D eigenvalue weighted by Crippen LogP contribution is 2.39. The van der Waals surface area contributed by atoms with Crippen LogP contribution in [0, 0.1) is 5.92 Å². The third-order valence-corrected chi connectivity index (χ3v) is 6.55. The highest BCUT2D eigenvalue weighted by Gasteiger charge is 2.42. The standard InChI is InChI=1S/C28H35N3O/c1-4-30-27(29)23-13-11-22(12-14-23)18-31-28-26(32-28)25-17-19(2)16-24(20(25)3)15-10-21-8-6-5-7-9-21/h5-9,11-14,17,24,26,28,31H,4,10,15-16,18H2,1-3H3,(H2,29,30). The fourth-order valence-corrected chi connectivity index (χ4v) is 4.60. The number of hydrogen-bond acceptors (Lipinski definition) is 3. The zero-order chi connectivity index (χ0) is 22.5. The van der Waals surface area contributed by atoms with Crippen LogP contribution in [0.25, 0.3) is 0 Å². The maximum Gasteiger partial charge on any atom is 0.140 e. The normalized spacial score (nSPS) is 23.3. The van der Waals surface area contributed by atoms with Crippen molar-refractivity contribution in [1.82, 2.24) is 5.32 Å². The molecule has 1 fully saturated rings. The van der Waals surface area contributed by atoms with Crippen molar-refractivity contribution in [3.05, 3.63) is 94.1 Å². The van der Waals surface area contributed by atoms with Crippen molar-refractivity contribution >= 4 is 5.84 Å². The number of nitrogens with two attached hydrogens (primary N) is 1. The molecule has 3 atom stereocenters. The number of nitrogens with one attached hydrogen (secondary N) is 1. The fourth-order valence-electron chi connectivity index (χ4n) is 4.60. The number of hydrogen-bond donors (Lipinski definition) is 2. The van der Waals surface area contributed by atoms with E-state index in [0.717, 1.165) is 24.9 Å². The van der Waals surface area contributed by atoms with Gasteiger partial charge >= 0.3 is 0 Å². The molecule has 2 aliphatic rings. The van der Waals surface area contributed by atoms with Gasteiger partial charge in [-0.15, -0.1) is 0 Å². The number of rotatable bonds is 9. The lowest BCUT2D eigenvalue weighted by molar-refractivity contribution is 0.352. The zero-order valence-electron chi connectivity index (χ0n) is 19.5. The van der Waals surface area contributed by atoms with Gasteiger partial charge in [0.2, 0.25) is 0 Å².